The van der Waals surface area contributed by atoms with Gasteiger partial charge in [-0.25, -0.2) is 0 Å². The monoisotopic (exact) mass is 307 g/mol. The number of carbonyl (C=O) groups excluding carboxylic acids is 1. The van der Waals surface area contributed by atoms with Crippen LogP contribution < -0.4 is 10.6 Å². The number of nitrogens with one attached hydrogen (secondary N) is 2. The largest absolute Gasteiger partial charge is 0.384 e. The Morgan fingerprint density at radius 1 is 1.48 bits per heavy atom. The summed E-state index contributed by atoms with van der Waals surface area (Å²) in [5, 5.41) is 7.16. The number of pyridine rings is 1. The van der Waals surface area contributed by atoms with Gasteiger partial charge in [-0.3, -0.25) is 9.78 Å². The van der Waals surface area contributed by atoms with E-state index in [-0.39, 0.29) is 5.91 Å². The molecule has 1 aromatic heterocycles. The summed E-state index contributed by atoms with van der Waals surface area (Å²) in [5.74, 6) is -0.00606. The second kappa shape index (κ2) is 8.27. The maximum absolute atomic E-state index is 12.5. The zero-order valence-electron chi connectivity index (χ0n) is 12.9. The van der Waals surface area contributed by atoms with Crippen LogP contribution in [0.2, 0.25) is 0 Å². The van der Waals surface area contributed by atoms with Gasteiger partial charge in [-0.05, 0) is 38.0 Å². The number of amides is 1. The minimum atomic E-state index is -0.00606. The van der Waals surface area contributed by atoms with Crippen molar-refractivity contribution in [1.29, 1.82) is 0 Å². The van der Waals surface area contributed by atoms with Gasteiger partial charge < -0.3 is 10.6 Å². The van der Waals surface area contributed by atoms with Gasteiger partial charge in [-0.15, -0.1) is 0 Å². The first kappa shape index (κ1) is 16.1. The van der Waals surface area contributed by atoms with Gasteiger partial charge in [0.25, 0.3) is 5.91 Å². The van der Waals surface area contributed by atoms with Gasteiger partial charge in [-0.2, -0.15) is 11.8 Å². The molecule has 0 spiro atoms. The van der Waals surface area contributed by atoms with Crippen LogP contribution in [0.5, 0.6) is 0 Å². The Balaban J connectivity index is 1.99. The molecule has 1 heterocycles. The molecule has 0 aromatic carbocycles. The molecule has 0 saturated heterocycles. The number of nitrogens with zero attached hydrogens (tertiary/aromatic N) is 1. The Bertz CT molecular complexity index is 467. The molecular weight excluding hydrogens is 282 g/mol. The molecule has 0 radical (unpaired) electrons. The Kier molecular flexibility index (Phi) is 6.36. The summed E-state index contributed by atoms with van der Waals surface area (Å²) < 4.78 is 0. The fourth-order valence-electron chi connectivity index (χ4n) is 2.74. The normalized spacial score (nSPS) is 21.8. The lowest BCUT2D eigenvalue weighted by molar-refractivity contribution is 0.0929. The van der Waals surface area contributed by atoms with Gasteiger partial charge in [0, 0.05) is 30.2 Å². The second-order valence-corrected chi connectivity index (χ2v) is 6.68. The van der Waals surface area contributed by atoms with Gasteiger partial charge in [0.15, 0.2) is 0 Å². The third-order valence-corrected chi connectivity index (χ3v) is 5.02. The first-order valence-corrected chi connectivity index (χ1v) is 9.05. The van der Waals surface area contributed by atoms with E-state index in [1.165, 1.54) is 12.8 Å². The molecular formula is C16H25N3OS. The van der Waals surface area contributed by atoms with Crippen molar-refractivity contribution >= 4 is 23.4 Å². The molecule has 1 saturated carbocycles. The zero-order valence-corrected chi connectivity index (χ0v) is 13.7. The number of thioether (sulfide) groups is 1. The number of aromatic nitrogens is 1. The molecule has 2 N–H and O–H groups in total. The highest BCUT2D eigenvalue weighted by Gasteiger charge is 2.23. The predicted octanol–water partition coefficient (Wildman–Crippen LogP) is 3.31. The molecule has 1 aromatic rings. The summed E-state index contributed by atoms with van der Waals surface area (Å²) in [5.41, 5.74) is 1.53. The van der Waals surface area contributed by atoms with E-state index >= 15 is 0 Å². The molecule has 0 aliphatic heterocycles. The van der Waals surface area contributed by atoms with Crippen LogP contribution in [0.25, 0.3) is 0 Å². The molecule has 116 valence electrons. The average Bonchev–Trinajstić information content (AvgIpc) is 2.53. The topological polar surface area (TPSA) is 54.0 Å². The van der Waals surface area contributed by atoms with Crippen molar-refractivity contribution in [3.63, 3.8) is 0 Å². The average molecular weight is 307 g/mol. The van der Waals surface area contributed by atoms with Crippen LogP contribution in [0, 0.1) is 0 Å². The minimum absolute atomic E-state index is 0.00606. The molecule has 21 heavy (non-hydrogen) atoms. The van der Waals surface area contributed by atoms with Gasteiger partial charge in [0.05, 0.1) is 11.3 Å². The van der Waals surface area contributed by atoms with Crippen LogP contribution in [-0.2, 0) is 0 Å². The summed E-state index contributed by atoms with van der Waals surface area (Å²) in [4.78, 5) is 16.6. The minimum Gasteiger partial charge on any atom is -0.384 e. The van der Waals surface area contributed by atoms with Crippen LogP contribution in [0.1, 0.15) is 49.4 Å². The smallest absolute Gasteiger partial charge is 0.255 e. The maximum Gasteiger partial charge on any atom is 0.255 e. The SMILES string of the molecule is CCCNc1ccncc1C(=O)NC1CCCC(SC)C1. The Morgan fingerprint density at radius 2 is 2.33 bits per heavy atom. The lowest BCUT2D eigenvalue weighted by Gasteiger charge is -2.28. The van der Waals surface area contributed by atoms with Crippen molar-refractivity contribution in [2.45, 2.75) is 50.3 Å². The molecule has 2 atom stereocenters. The Hall–Kier alpha value is -1.23. The third-order valence-electron chi connectivity index (χ3n) is 3.93. The van der Waals surface area contributed by atoms with Crippen molar-refractivity contribution in [2.24, 2.45) is 0 Å². The number of anilines is 1. The quantitative estimate of drug-likeness (QED) is 0.846. The number of rotatable bonds is 6. The van der Waals surface area contributed by atoms with Gasteiger partial charge in [0.1, 0.15) is 0 Å². The van der Waals surface area contributed by atoms with Crippen molar-refractivity contribution < 1.29 is 4.79 Å². The summed E-state index contributed by atoms with van der Waals surface area (Å²) in [6, 6.07) is 2.17. The number of hydrogen-bond donors (Lipinski definition) is 2. The van der Waals surface area contributed by atoms with Crippen LogP contribution in [0.15, 0.2) is 18.5 Å². The summed E-state index contributed by atoms with van der Waals surface area (Å²) in [7, 11) is 0. The highest BCUT2D eigenvalue weighted by atomic mass is 32.2. The fraction of sp³-hybridized carbons (Fsp3) is 0.625. The molecule has 2 rings (SSSR count). The van der Waals surface area contributed by atoms with E-state index in [0.29, 0.717) is 16.9 Å². The molecule has 1 aliphatic rings. The van der Waals surface area contributed by atoms with E-state index in [1.54, 1.807) is 12.4 Å². The van der Waals surface area contributed by atoms with Crippen molar-refractivity contribution in [1.82, 2.24) is 10.3 Å². The first-order valence-electron chi connectivity index (χ1n) is 7.76. The van der Waals surface area contributed by atoms with E-state index in [9.17, 15) is 4.79 Å². The van der Waals surface area contributed by atoms with Gasteiger partial charge in [0.2, 0.25) is 0 Å². The van der Waals surface area contributed by atoms with Crippen LogP contribution in [-0.4, -0.2) is 35.0 Å². The van der Waals surface area contributed by atoms with E-state index in [4.69, 9.17) is 0 Å². The van der Waals surface area contributed by atoms with Crippen LogP contribution >= 0.6 is 11.8 Å². The van der Waals surface area contributed by atoms with E-state index < -0.39 is 0 Å². The lowest BCUT2D eigenvalue weighted by atomic mass is 9.94. The van der Waals surface area contributed by atoms with E-state index in [0.717, 1.165) is 31.5 Å². The second-order valence-electron chi connectivity index (χ2n) is 5.54. The molecule has 2 unspecified atom stereocenters. The van der Waals surface area contributed by atoms with Crippen molar-refractivity contribution in [2.75, 3.05) is 18.1 Å². The lowest BCUT2D eigenvalue weighted by Crippen LogP contribution is -2.39. The van der Waals surface area contributed by atoms with Crippen LogP contribution in [0.3, 0.4) is 0 Å². The standard InChI is InChI=1S/C16H25N3OS/c1-3-8-18-15-7-9-17-11-14(15)16(20)19-12-5-4-6-13(10-12)21-2/h7,9,11-13H,3-6,8,10H2,1-2H3,(H,17,18)(H,19,20). The summed E-state index contributed by atoms with van der Waals surface area (Å²) >= 11 is 1.91. The third kappa shape index (κ3) is 4.63. The van der Waals surface area contributed by atoms with E-state index in [2.05, 4.69) is 28.8 Å². The first-order chi connectivity index (χ1) is 10.2. The zero-order chi connectivity index (χ0) is 15.1. The van der Waals surface area contributed by atoms with Crippen molar-refractivity contribution in [3.05, 3.63) is 24.0 Å². The molecule has 1 fully saturated rings. The molecule has 1 aliphatic carbocycles. The van der Waals surface area contributed by atoms with E-state index in [1.807, 2.05) is 17.8 Å². The highest BCUT2D eigenvalue weighted by molar-refractivity contribution is 7.99. The molecule has 5 heteroatoms. The van der Waals surface area contributed by atoms with Gasteiger partial charge >= 0.3 is 0 Å². The van der Waals surface area contributed by atoms with Crippen LogP contribution in [0.4, 0.5) is 5.69 Å². The van der Waals surface area contributed by atoms with Crippen molar-refractivity contribution in [3.8, 4) is 0 Å². The van der Waals surface area contributed by atoms with Gasteiger partial charge in [-0.1, -0.05) is 13.3 Å². The fourth-order valence-corrected chi connectivity index (χ4v) is 3.57. The molecule has 4 nitrogen and oxygen atoms in total. The molecule has 0 bridgehead atoms. The maximum atomic E-state index is 12.5. The summed E-state index contributed by atoms with van der Waals surface area (Å²) in [6.45, 7) is 2.97. The number of hydrogen-bond acceptors (Lipinski definition) is 4. The Morgan fingerprint density at radius 3 is 3.10 bits per heavy atom. The summed E-state index contributed by atoms with van der Waals surface area (Å²) in [6.07, 6.45) is 11.2. The number of carbonyl (C=O) groups is 1. The molecule has 1 amide bonds. The predicted molar refractivity (Wildman–Crippen MR) is 90.0 cm³/mol. The Labute approximate surface area is 131 Å². The highest BCUT2D eigenvalue weighted by Crippen LogP contribution is 2.27.